The van der Waals surface area contributed by atoms with Crippen molar-refractivity contribution in [1.29, 1.82) is 0 Å². The molecule has 1 saturated heterocycles. The van der Waals surface area contributed by atoms with Crippen LogP contribution < -0.4 is 0 Å². The maximum atomic E-state index is 12.7. The highest BCUT2D eigenvalue weighted by atomic mass is 16.2. The van der Waals surface area contributed by atoms with Gasteiger partial charge in [0.2, 0.25) is 5.91 Å². The van der Waals surface area contributed by atoms with Gasteiger partial charge in [-0.05, 0) is 24.0 Å². The van der Waals surface area contributed by atoms with Gasteiger partial charge in [0.25, 0.3) is 0 Å². The summed E-state index contributed by atoms with van der Waals surface area (Å²) in [7, 11) is 0. The first kappa shape index (κ1) is 16.7. The van der Waals surface area contributed by atoms with Gasteiger partial charge in [-0.3, -0.25) is 9.89 Å². The van der Waals surface area contributed by atoms with E-state index in [-0.39, 0.29) is 11.9 Å². The summed E-state index contributed by atoms with van der Waals surface area (Å²) >= 11 is 0. The van der Waals surface area contributed by atoms with Gasteiger partial charge >= 0.3 is 0 Å². The van der Waals surface area contributed by atoms with Crippen molar-refractivity contribution >= 4 is 5.91 Å². The van der Waals surface area contributed by atoms with Crippen LogP contribution in [0.5, 0.6) is 0 Å². The first-order valence-corrected chi connectivity index (χ1v) is 8.79. The van der Waals surface area contributed by atoms with Crippen molar-refractivity contribution in [3.05, 3.63) is 53.9 Å². The molecular weight excluding hydrogens is 300 g/mol. The molecule has 3 rings (SSSR count). The molecule has 1 unspecified atom stereocenters. The molecular formula is C19H26N4O. The van der Waals surface area contributed by atoms with Gasteiger partial charge in [0.15, 0.2) is 0 Å². The number of hydrogen-bond donors (Lipinski definition) is 1. The third-order valence-corrected chi connectivity index (χ3v) is 4.81. The summed E-state index contributed by atoms with van der Waals surface area (Å²) in [6.45, 7) is 5.66. The molecule has 5 heteroatoms. The van der Waals surface area contributed by atoms with Gasteiger partial charge in [-0.1, -0.05) is 37.3 Å². The molecule has 2 aromatic rings. The fourth-order valence-corrected chi connectivity index (χ4v) is 3.34. The highest BCUT2D eigenvalue weighted by molar-refractivity contribution is 5.77. The standard InChI is InChI=1S/C19H26N4O/c1-2-18-15-22(10-8-17-12-20-21-13-17)11-9-19(24)23(18)14-16-6-4-3-5-7-16/h3-7,12-13,18H,2,8-11,14-15H2,1H3,(H,20,21). The molecule has 0 radical (unpaired) electrons. The number of benzene rings is 1. The van der Waals surface area contributed by atoms with Crippen LogP contribution in [0, 0.1) is 0 Å². The molecule has 0 saturated carbocycles. The normalized spacial score (nSPS) is 19.5. The highest BCUT2D eigenvalue weighted by Crippen LogP contribution is 2.18. The summed E-state index contributed by atoms with van der Waals surface area (Å²) < 4.78 is 0. The van der Waals surface area contributed by atoms with Crippen LogP contribution in [0.2, 0.25) is 0 Å². The number of rotatable bonds is 6. The smallest absolute Gasteiger partial charge is 0.224 e. The zero-order chi connectivity index (χ0) is 16.8. The Morgan fingerprint density at radius 3 is 2.79 bits per heavy atom. The summed E-state index contributed by atoms with van der Waals surface area (Å²) in [5.74, 6) is 0.275. The van der Waals surface area contributed by atoms with Crippen molar-refractivity contribution < 1.29 is 4.79 Å². The first-order valence-electron chi connectivity index (χ1n) is 8.79. The summed E-state index contributed by atoms with van der Waals surface area (Å²) in [5, 5.41) is 6.86. The Balaban J connectivity index is 1.64. The molecule has 1 N–H and O–H groups in total. The van der Waals surface area contributed by atoms with Gasteiger partial charge in [0.05, 0.1) is 6.20 Å². The summed E-state index contributed by atoms with van der Waals surface area (Å²) in [4.78, 5) is 17.1. The number of nitrogens with zero attached hydrogens (tertiary/aromatic N) is 3. The number of amides is 1. The summed E-state index contributed by atoms with van der Waals surface area (Å²) in [6.07, 6.45) is 6.39. The summed E-state index contributed by atoms with van der Waals surface area (Å²) in [5.41, 5.74) is 2.43. The van der Waals surface area contributed by atoms with Gasteiger partial charge < -0.3 is 9.80 Å². The number of hydrogen-bond acceptors (Lipinski definition) is 3. The van der Waals surface area contributed by atoms with Crippen LogP contribution in [-0.2, 0) is 17.8 Å². The topological polar surface area (TPSA) is 52.2 Å². The molecule has 1 aromatic carbocycles. The van der Waals surface area contributed by atoms with E-state index >= 15 is 0 Å². The maximum absolute atomic E-state index is 12.7. The zero-order valence-corrected chi connectivity index (χ0v) is 14.3. The Labute approximate surface area is 143 Å². The van der Waals surface area contributed by atoms with Crippen molar-refractivity contribution in [3.8, 4) is 0 Å². The minimum Gasteiger partial charge on any atom is -0.334 e. The third-order valence-electron chi connectivity index (χ3n) is 4.81. The monoisotopic (exact) mass is 326 g/mol. The molecule has 1 aromatic heterocycles. The molecule has 1 atom stereocenters. The Morgan fingerprint density at radius 1 is 1.25 bits per heavy atom. The molecule has 5 nitrogen and oxygen atoms in total. The fraction of sp³-hybridized carbons (Fsp3) is 0.474. The lowest BCUT2D eigenvalue weighted by Gasteiger charge is -2.31. The number of aromatic amines is 1. The molecule has 1 fully saturated rings. The second-order valence-corrected chi connectivity index (χ2v) is 6.48. The SMILES string of the molecule is CCC1CN(CCc2cn[nH]c2)CCC(=O)N1Cc1ccccc1. The minimum atomic E-state index is 0.275. The lowest BCUT2D eigenvalue weighted by atomic mass is 10.1. The highest BCUT2D eigenvalue weighted by Gasteiger charge is 2.28. The van der Waals surface area contributed by atoms with E-state index in [2.05, 4.69) is 39.1 Å². The van der Waals surface area contributed by atoms with Crippen LogP contribution in [0.4, 0.5) is 0 Å². The Hall–Kier alpha value is -2.14. The maximum Gasteiger partial charge on any atom is 0.224 e. The Kier molecular flexibility index (Phi) is 5.64. The largest absolute Gasteiger partial charge is 0.334 e. The van der Waals surface area contributed by atoms with E-state index < -0.39 is 0 Å². The average Bonchev–Trinajstić information content (AvgIpc) is 3.08. The van der Waals surface area contributed by atoms with E-state index in [1.807, 2.05) is 30.6 Å². The minimum absolute atomic E-state index is 0.275. The van der Waals surface area contributed by atoms with E-state index in [1.54, 1.807) is 0 Å². The van der Waals surface area contributed by atoms with Crippen LogP contribution in [0.1, 0.15) is 30.9 Å². The molecule has 1 aliphatic heterocycles. The van der Waals surface area contributed by atoms with Crippen molar-refractivity contribution in [2.45, 2.75) is 38.8 Å². The second-order valence-electron chi connectivity index (χ2n) is 6.48. The van der Waals surface area contributed by atoms with Crippen LogP contribution >= 0.6 is 0 Å². The second kappa shape index (κ2) is 8.11. The van der Waals surface area contributed by atoms with Crippen LogP contribution in [0.25, 0.3) is 0 Å². The molecule has 1 amide bonds. The van der Waals surface area contributed by atoms with Crippen molar-refractivity contribution in [1.82, 2.24) is 20.0 Å². The predicted octanol–water partition coefficient (Wildman–Crippen LogP) is 2.47. The molecule has 0 aliphatic carbocycles. The van der Waals surface area contributed by atoms with Crippen LogP contribution in [-0.4, -0.2) is 51.6 Å². The zero-order valence-electron chi connectivity index (χ0n) is 14.3. The Bertz CT molecular complexity index is 626. The number of aromatic nitrogens is 2. The van der Waals surface area contributed by atoms with Gasteiger partial charge in [0.1, 0.15) is 0 Å². The average molecular weight is 326 g/mol. The molecule has 128 valence electrons. The Morgan fingerprint density at radius 2 is 2.08 bits per heavy atom. The lowest BCUT2D eigenvalue weighted by Crippen LogP contribution is -2.42. The lowest BCUT2D eigenvalue weighted by molar-refractivity contribution is -0.133. The molecule has 0 spiro atoms. The number of H-pyrrole nitrogens is 1. The van der Waals surface area contributed by atoms with E-state index in [1.165, 1.54) is 11.1 Å². The quantitative estimate of drug-likeness (QED) is 0.887. The molecule has 2 heterocycles. The summed E-state index contributed by atoms with van der Waals surface area (Å²) in [6, 6.07) is 10.6. The number of carbonyl (C=O) groups is 1. The van der Waals surface area contributed by atoms with Crippen molar-refractivity contribution in [3.63, 3.8) is 0 Å². The first-order chi connectivity index (χ1) is 11.8. The van der Waals surface area contributed by atoms with Gasteiger partial charge in [-0.2, -0.15) is 5.10 Å². The van der Waals surface area contributed by atoms with E-state index in [0.717, 1.165) is 32.5 Å². The fourth-order valence-electron chi connectivity index (χ4n) is 3.34. The van der Waals surface area contributed by atoms with E-state index in [9.17, 15) is 4.79 Å². The number of nitrogens with one attached hydrogen (secondary N) is 1. The number of carbonyl (C=O) groups excluding carboxylic acids is 1. The van der Waals surface area contributed by atoms with Crippen LogP contribution in [0.3, 0.4) is 0 Å². The van der Waals surface area contributed by atoms with Gasteiger partial charge in [-0.25, -0.2) is 0 Å². The van der Waals surface area contributed by atoms with E-state index in [0.29, 0.717) is 13.0 Å². The molecule has 1 aliphatic rings. The third kappa shape index (κ3) is 4.23. The van der Waals surface area contributed by atoms with Crippen molar-refractivity contribution in [2.24, 2.45) is 0 Å². The van der Waals surface area contributed by atoms with Gasteiger partial charge in [-0.15, -0.1) is 0 Å². The molecule has 24 heavy (non-hydrogen) atoms. The van der Waals surface area contributed by atoms with E-state index in [4.69, 9.17) is 0 Å². The van der Waals surface area contributed by atoms with Crippen molar-refractivity contribution in [2.75, 3.05) is 19.6 Å². The van der Waals surface area contributed by atoms with Crippen LogP contribution in [0.15, 0.2) is 42.7 Å². The predicted molar refractivity (Wildman–Crippen MR) is 94.4 cm³/mol. The molecule has 0 bridgehead atoms. The van der Waals surface area contributed by atoms with Gasteiger partial charge in [0, 0.05) is 44.8 Å².